The van der Waals surface area contributed by atoms with E-state index >= 15 is 0 Å². The number of nitrogens with zero attached hydrogens (tertiary/aromatic N) is 3. The number of ether oxygens (including phenoxy) is 2. The van der Waals surface area contributed by atoms with E-state index in [1.165, 1.54) is 0 Å². The SMILES string of the molecule is CCOC(=O)[C@@H]1CCCN(c2ncnc3c2[nH]c2cc(OC)ccc23)C1. The number of nitrogens with one attached hydrogen (secondary N) is 1. The Kier molecular flexibility index (Phi) is 4.36. The molecule has 136 valence electrons. The third-order valence-electron chi connectivity index (χ3n) is 4.91. The molecule has 1 saturated heterocycles. The van der Waals surface area contributed by atoms with Crippen LogP contribution in [0.15, 0.2) is 24.5 Å². The minimum atomic E-state index is -0.121. The van der Waals surface area contributed by atoms with Crippen molar-refractivity contribution in [3.63, 3.8) is 0 Å². The number of piperidine rings is 1. The molecule has 1 aliphatic rings. The Balaban J connectivity index is 1.73. The molecule has 1 fully saturated rings. The van der Waals surface area contributed by atoms with Gasteiger partial charge < -0.3 is 19.4 Å². The van der Waals surface area contributed by atoms with Gasteiger partial charge in [0.05, 0.1) is 25.2 Å². The molecule has 2 aromatic heterocycles. The maximum absolute atomic E-state index is 12.1. The van der Waals surface area contributed by atoms with Crippen LogP contribution in [0.5, 0.6) is 5.75 Å². The van der Waals surface area contributed by atoms with E-state index in [2.05, 4.69) is 19.9 Å². The lowest BCUT2D eigenvalue weighted by atomic mass is 9.98. The van der Waals surface area contributed by atoms with E-state index in [4.69, 9.17) is 9.47 Å². The molecule has 26 heavy (non-hydrogen) atoms. The molecule has 0 amide bonds. The Morgan fingerprint density at radius 1 is 1.38 bits per heavy atom. The van der Waals surface area contributed by atoms with Crippen molar-refractivity contribution in [2.45, 2.75) is 19.8 Å². The fraction of sp³-hybridized carbons (Fsp3) is 0.421. The molecule has 4 rings (SSSR count). The highest BCUT2D eigenvalue weighted by Gasteiger charge is 2.29. The zero-order valence-electron chi connectivity index (χ0n) is 15.0. The molecule has 0 radical (unpaired) electrons. The highest BCUT2D eigenvalue weighted by Crippen LogP contribution is 2.32. The lowest BCUT2D eigenvalue weighted by Gasteiger charge is -2.32. The third kappa shape index (κ3) is 2.83. The van der Waals surface area contributed by atoms with Gasteiger partial charge in [0, 0.05) is 24.5 Å². The molecule has 1 atom stereocenters. The van der Waals surface area contributed by atoms with Crippen LogP contribution in [0.4, 0.5) is 5.82 Å². The number of esters is 1. The van der Waals surface area contributed by atoms with Crippen molar-refractivity contribution in [1.29, 1.82) is 0 Å². The van der Waals surface area contributed by atoms with Gasteiger partial charge >= 0.3 is 5.97 Å². The van der Waals surface area contributed by atoms with Gasteiger partial charge in [-0.2, -0.15) is 0 Å². The largest absolute Gasteiger partial charge is 0.497 e. The second kappa shape index (κ2) is 6.82. The summed E-state index contributed by atoms with van der Waals surface area (Å²) in [6, 6.07) is 5.88. The quantitative estimate of drug-likeness (QED) is 0.726. The van der Waals surface area contributed by atoms with Crippen LogP contribution in [0.1, 0.15) is 19.8 Å². The molecule has 1 N–H and O–H groups in total. The standard InChI is InChI=1S/C19H22N4O3/c1-3-26-19(24)12-5-4-8-23(10-12)18-17-16(20-11-21-18)14-7-6-13(25-2)9-15(14)22-17/h6-7,9,11-12,22H,3-5,8,10H2,1-2H3/t12-/m1/s1. The first kappa shape index (κ1) is 16.6. The molecule has 1 aromatic carbocycles. The molecule has 0 bridgehead atoms. The summed E-state index contributed by atoms with van der Waals surface area (Å²) in [5.74, 6) is 1.39. The summed E-state index contributed by atoms with van der Waals surface area (Å²) < 4.78 is 10.5. The number of benzene rings is 1. The number of hydrogen-bond donors (Lipinski definition) is 1. The summed E-state index contributed by atoms with van der Waals surface area (Å²) in [5.41, 5.74) is 2.73. The molecule has 0 spiro atoms. The summed E-state index contributed by atoms with van der Waals surface area (Å²) in [4.78, 5) is 26.7. The van der Waals surface area contributed by atoms with Crippen LogP contribution in [-0.2, 0) is 9.53 Å². The van der Waals surface area contributed by atoms with Crippen LogP contribution in [0.25, 0.3) is 21.9 Å². The molecule has 1 aliphatic heterocycles. The van der Waals surface area contributed by atoms with Crippen molar-refractivity contribution in [2.24, 2.45) is 5.92 Å². The molecule has 3 aromatic rings. The van der Waals surface area contributed by atoms with E-state index < -0.39 is 0 Å². The van der Waals surface area contributed by atoms with Gasteiger partial charge in [-0.05, 0) is 31.9 Å². The van der Waals surface area contributed by atoms with Gasteiger partial charge in [0.1, 0.15) is 23.1 Å². The number of aromatic nitrogens is 3. The lowest BCUT2D eigenvalue weighted by Crippen LogP contribution is -2.40. The van der Waals surface area contributed by atoms with Gasteiger partial charge in [-0.3, -0.25) is 4.79 Å². The van der Waals surface area contributed by atoms with Crippen LogP contribution in [0.3, 0.4) is 0 Å². The second-order valence-corrected chi connectivity index (χ2v) is 6.49. The lowest BCUT2D eigenvalue weighted by molar-refractivity contribution is -0.148. The first-order valence-corrected chi connectivity index (χ1v) is 8.93. The van der Waals surface area contributed by atoms with Crippen LogP contribution in [0, 0.1) is 5.92 Å². The summed E-state index contributed by atoms with van der Waals surface area (Å²) in [6.45, 7) is 3.73. The van der Waals surface area contributed by atoms with Crippen molar-refractivity contribution in [3.05, 3.63) is 24.5 Å². The van der Waals surface area contributed by atoms with E-state index in [-0.39, 0.29) is 11.9 Å². The van der Waals surface area contributed by atoms with Crippen molar-refractivity contribution >= 4 is 33.7 Å². The van der Waals surface area contributed by atoms with Gasteiger partial charge in [0.25, 0.3) is 0 Å². The van der Waals surface area contributed by atoms with E-state index in [0.717, 1.165) is 52.9 Å². The Hall–Kier alpha value is -2.83. The van der Waals surface area contributed by atoms with Crippen molar-refractivity contribution < 1.29 is 14.3 Å². The molecular weight excluding hydrogens is 332 g/mol. The number of carbonyl (C=O) groups is 1. The minimum Gasteiger partial charge on any atom is -0.497 e. The maximum atomic E-state index is 12.1. The Bertz CT molecular complexity index is 953. The molecule has 0 aliphatic carbocycles. The average Bonchev–Trinajstić information content (AvgIpc) is 3.06. The van der Waals surface area contributed by atoms with Crippen LogP contribution in [0.2, 0.25) is 0 Å². The van der Waals surface area contributed by atoms with Gasteiger partial charge in [-0.15, -0.1) is 0 Å². The monoisotopic (exact) mass is 354 g/mol. The van der Waals surface area contributed by atoms with Gasteiger partial charge in [-0.25, -0.2) is 9.97 Å². The van der Waals surface area contributed by atoms with Gasteiger partial charge in [0.2, 0.25) is 0 Å². The maximum Gasteiger partial charge on any atom is 0.310 e. The summed E-state index contributed by atoms with van der Waals surface area (Å²) in [6.07, 6.45) is 3.37. The molecular formula is C19H22N4O3. The first-order chi connectivity index (χ1) is 12.7. The van der Waals surface area contributed by atoms with Crippen molar-refractivity contribution in [3.8, 4) is 5.75 Å². The second-order valence-electron chi connectivity index (χ2n) is 6.49. The predicted octanol–water partition coefficient (Wildman–Crippen LogP) is 2.90. The number of methoxy groups -OCH3 is 1. The number of rotatable bonds is 4. The fourth-order valence-corrected chi connectivity index (χ4v) is 3.65. The van der Waals surface area contributed by atoms with E-state index in [9.17, 15) is 4.79 Å². The zero-order chi connectivity index (χ0) is 18.1. The predicted molar refractivity (Wildman–Crippen MR) is 99.5 cm³/mol. The van der Waals surface area contributed by atoms with Crippen LogP contribution < -0.4 is 9.64 Å². The topological polar surface area (TPSA) is 80.3 Å². The van der Waals surface area contributed by atoms with E-state index in [0.29, 0.717) is 13.2 Å². The number of aromatic amines is 1. The first-order valence-electron chi connectivity index (χ1n) is 8.93. The molecule has 7 heteroatoms. The summed E-state index contributed by atoms with van der Waals surface area (Å²) >= 11 is 0. The van der Waals surface area contributed by atoms with Crippen molar-refractivity contribution in [1.82, 2.24) is 15.0 Å². The highest BCUT2D eigenvalue weighted by molar-refractivity contribution is 6.08. The molecule has 7 nitrogen and oxygen atoms in total. The molecule has 0 saturated carbocycles. The Labute approximate surface area is 151 Å². The summed E-state index contributed by atoms with van der Waals surface area (Å²) in [7, 11) is 1.65. The summed E-state index contributed by atoms with van der Waals surface area (Å²) in [5, 5.41) is 1.03. The van der Waals surface area contributed by atoms with Crippen LogP contribution in [-0.4, -0.2) is 47.7 Å². The van der Waals surface area contributed by atoms with E-state index in [1.54, 1.807) is 13.4 Å². The fourth-order valence-electron chi connectivity index (χ4n) is 3.65. The van der Waals surface area contributed by atoms with Gasteiger partial charge in [0.15, 0.2) is 5.82 Å². The number of hydrogen-bond acceptors (Lipinski definition) is 6. The molecule has 3 heterocycles. The number of H-pyrrole nitrogens is 1. The third-order valence-corrected chi connectivity index (χ3v) is 4.91. The number of anilines is 1. The highest BCUT2D eigenvalue weighted by atomic mass is 16.5. The number of fused-ring (bicyclic) bond motifs is 3. The zero-order valence-corrected chi connectivity index (χ0v) is 15.0. The Morgan fingerprint density at radius 3 is 3.08 bits per heavy atom. The molecule has 0 unspecified atom stereocenters. The average molecular weight is 354 g/mol. The van der Waals surface area contributed by atoms with Crippen LogP contribution >= 0.6 is 0 Å². The van der Waals surface area contributed by atoms with Gasteiger partial charge in [-0.1, -0.05) is 0 Å². The smallest absolute Gasteiger partial charge is 0.310 e. The van der Waals surface area contributed by atoms with E-state index in [1.807, 2.05) is 25.1 Å². The van der Waals surface area contributed by atoms with Crippen molar-refractivity contribution in [2.75, 3.05) is 31.7 Å². The Morgan fingerprint density at radius 2 is 2.27 bits per heavy atom. The number of carbonyl (C=O) groups excluding carboxylic acids is 1. The normalized spacial score (nSPS) is 17.6. The minimum absolute atomic E-state index is 0.113.